The van der Waals surface area contributed by atoms with Crippen LogP contribution in [-0.2, 0) is 0 Å². The summed E-state index contributed by atoms with van der Waals surface area (Å²) in [5.74, 6) is 0. The smallest absolute Gasteiger partial charge is 0.0105 e. The summed E-state index contributed by atoms with van der Waals surface area (Å²) in [7, 11) is 0. The van der Waals surface area contributed by atoms with E-state index >= 15 is 0 Å². The molecule has 3 aromatic rings. The molecule has 0 unspecified atom stereocenters. The Bertz CT molecular complexity index is 720. The third-order valence-electron chi connectivity index (χ3n) is 3.56. The predicted molar refractivity (Wildman–Crippen MR) is 91.0 cm³/mol. The molecule has 0 aromatic heterocycles. The molecule has 3 rings (SSSR count). The highest BCUT2D eigenvalue weighted by Crippen LogP contribution is 2.26. The number of hydrogen-bond donors (Lipinski definition) is 0. The summed E-state index contributed by atoms with van der Waals surface area (Å²) in [4.78, 5) is 0. The Balaban J connectivity index is 2.12. The third-order valence-corrected chi connectivity index (χ3v) is 3.56. The van der Waals surface area contributed by atoms with Crippen molar-refractivity contribution < 1.29 is 0 Å². The van der Waals surface area contributed by atoms with Gasteiger partial charge in [-0.1, -0.05) is 90.5 Å². The molecule has 0 saturated carbocycles. The minimum absolute atomic E-state index is 1.22. The second kappa shape index (κ2) is 6.23. The molecule has 0 radical (unpaired) electrons. The first-order chi connectivity index (χ1) is 10.3. The summed E-state index contributed by atoms with van der Waals surface area (Å²) in [6.07, 6.45) is 2.25. The van der Waals surface area contributed by atoms with Gasteiger partial charge >= 0.3 is 0 Å². The van der Waals surface area contributed by atoms with Crippen molar-refractivity contribution in [2.75, 3.05) is 0 Å². The van der Waals surface area contributed by atoms with Gasteiger partial charge < -0.3 is 0 Å². The van der Waals surface area contributed by atoms with Crippen LogP contribution in [0.25, 0.3) is 11.6 Å². The second-order valence-corrected chi connectivity index (χ2v) is 5.20. The first-order valence-corrected chi connectivity index (χ1v) is 7.22. The maximum atomic E-state index is 2.25. The van der Waals surface area contributed by atoms with E-state index in [1.165, 1.54) is 27.8 Å². The summed E-state index contributed by atoms with van der Waals surface area (Å²) >= 11 is 0. The zero-order valence-corrected chi connectivity index (χ0v) is 12.2. The van der Waals surface area contributed by atoms with Crippen LogP contribution in [-0.4, -0.2) is 0 Å². The minimum atomic E-state index is 1.22. The Morgan fingerprint density at radius 1 is 0.619 bits per heavy atom. The highest BCUT2D eigenvalue weighted by atomic mass is 14.1. The first-order valence-electron chi connectivity index (χ1n) is 7.22. The highest BCUT2D eigenvalue weighted by Gasteiger charge is 2.04. The van der Waals surface area contributed by atoms with Gasteiger partial charge in [-0.3, -0.25) is 0 Å². The van der Waals surface area contributed by atoms with E-state index < -0.39 is 0 Å². The quantitative estimate of drug-likeness (QED) is 0.545. The van der Waals surface area contributed by atoms with Crippen LogP contribution in [0.4, 0.5) is 0 Å². The van der Waals surface area contributed by atoms with Crippen molar-refractivity contribution in [3.63, 3.8) is 0 Å². The molecule has 0 atom stereocenters. The van der Waals surface area contributed by atoms with Gasteiger partial charge in [-0.05, 0) is 35.3 Å². The van der Waals surface area contributed by atoms with Crippen LogP contribution < -0.4 is 0 Å². The van der Waals surface area contributed by atoms with Gasteiger partial charge in [-0.15, -0.1) is 0 Å². The molecular formula is C21H18. The number of benzene rings is 3. The van der Waals surface area contributed by atoms with Crippen molar-refractivity contribution in [1.82, 2.24) is 0 Å². The number of aryl methyl sites for hydroxylation is 1. The van der Waals surface area contributed by atoms with Crippen LogP contribution in [0.5, 0.6) is 0 Å². The standard InChI is InChI=1S/C21H18/c1-17-12-14-20(15-13-17)21(19-10-6-3-7-11-19)16-18-8-4-2-5-9-18/h2-16H,1H3/b21-16-. The average molecular weight is 270 g/mol. The molecule has 0 nitrogen and oxygen atoms in total. The van der Waals surface area contributed by atoms with Crippen LogP contribution in [0.1, 0.15) is 22.3 Å². The Labute approximate surface area is 126 Å². The van der Waals surface area contributed by atoms with E-state index in [4.69, 9.17) is 0 Å². The molecule has 3 aromatic carbocycles. The van der Waals surface area contributed by atoms with Crippen molar-refractivity contribution in [1.29, 1.82) is 0 Å². The van der Waals surface area contributed by atoms with Crippen molar-refractivity contribution in [2.24, 2.45) is 0 Å². The lowest BCUT2D eigenvalue weighted by Gasteiger charge is -2.09. The van der Waals surface area contributed by atoms with Gasteiger partial charge in [-0.2, -0.15) is 0 Å². The van der Waals surface area contributed by atoms with Crippen LogP contribution >= 0.6 is 0 Å². The summed E-state index contributed by atoms with van der Waals surface area (Å²) < 4.78 is 0. The summed E-state index contributed by atoms with van der Waals surface area (Å²) in [5, 5.41) is 0. The zero-order valence-electron chi connectivity index (χ0n) is 12.2. The summed E-state index contributed by atoms with van der Waals surface area (Å²) in [5.41, 5.74) is 6.24. The van der Waals surface area contributed by atoms with Gasteiger partial charge in [0.05, 0.1) is 0 Å². The molecule has 0 aliphatic heterocycles. The molecule has 21 heavy (non-hydrogen) atoms. The molecule has 0 heterocycles. The molecule has 0 saturated heterocycles. The fourth-order valence-corrected chi connectivity index (χ4v) is 2.40. The minimum Gasteiger partial charge on any atom is -0.0622 e. The van der Waals surface area contributed by atoms with Crippen LogP contribution in [0.3, 0.4) is 0 Å². The largest absolute Gasteiger partial charge is 0.0622 e. The lowest BCUT2D eigenvalue weighted by atomic mass is 9.95. The Morgan fingerprint density at radius 2 is 1.14 bits per heavy atom. The van der Waals surface area contributed by atoms with Gasteiger partial charge in [0.15, 0.2) is 0 Å². The Kier molecular flexibility index (Phi) is 3.97. The van der Waals surface area contributed by atoms with Crippen molar-refractivity contribution in [2.45, 2.75) is 6.92 Å². The molecule has 0 aliphatic rings. The van der Waals surface area contributed by atoms with Gasteiger partial charge in [0.1, 0.15) is 0 Å². The monoisotopic (exact) mass is 270 g/mol. The molecule has 0 amide bonds. The van der Waals surface area contributed by atoms with Crippen LogP contribution in [0, 0.1) is 6.92 Å². The lowest BCUT2D eigenvalue weighted by Crippen LogP contribution is -1.88. The molecule has 0 fully saturated rings. The van der Waals surface area contributed by atoms with E-state index in [0.717, 1.165) is 0 Å². The fourth-order valence-electron chi connectivity index (χ4n) is 2.40. The van der Waals surface area contributed by atoms with E-state index in [9.17, 15) is 0 Å². The Morgan fingerprint density at radius 3 is 1.76 bits per heavy atom. The zero-order chi connectivity index (χ0) is 14.5. The molecular weight excluding hydrogens is 252 g/mol. The number of hydrogen-bond acceptors (Lipinski definition) is 0. The van der Waals surface area contributed by atoms with Gasteiger partial charge in [-0.25, -0.2) is 0 Å². The summed E-state index contributed by atoms with van der Waals surface area (Å²) in [6.45, 7) is 2.12. The number of rotatable bonds is 3. The van der Waals surface area contributed by atoms with E-state index in [1.807, 2.05) is 6.07 Å². The maximum absolute atomic E-state index is 2.25. The normalized spacial score (nSPS) is 11.4. The molecule has 0 heteroatoms. The third kappa shape index (κ3) is 3.29. The van der Waals surface area contributed by atoms with Gasteiger partial charge in [0.25, 0.3) is 0 Å². The second-order valence-electron chi connectivity index (χ2n) is 5.20. The van der Waals surface area contributed by atoms with E-state index in [-0.39, 0.29) is 0 Å². The van der Waals surface area contributed by atoms with E-state index in [2.05, 4.69) is 91.9 Å². The van der Waals surface area contributed by atoms with Crippen molar-refractivity contribution in [3.05, 3.63) is 107 Å². The van der Waals surface area contributed by atoms with Gasteiger partial charge in [0, 0.05) is 0 Å². The predicted octanol–water partition coefficient (Wildman–Crippen LogP) is 5.58. The lowest BCUT2D eigenvalue weighted by molar-refractivity contribution is 1.45. The fraction of sp³-hybridized carbons (Fsp3) is 0.0476. The van der Waals surface area contributed by atoms with Crippen molar-refractivity contribution in [3.8, 4) is 0 Å². The first kappa shape index (κ1) is 13.4. The van der Waals surface area contributed by atoms with Gasteiger partial charge in [0.2, 0.25) is 0 Å². The Hall–Kier alpha value is -2.60. The summed E-state index contributed by atoms with van der Waals surface area (Å²) in [6, 6.07) is 29.7. The molecule has 0 aliphatic carbocycles. The SMILES string of the molecule is Cc1ccc(/C(=C\c2ccccc2)c2ccccc2)cc1. The highest BCUT2D eigenvalue weighted by molar-refractivity contribution is 5.91. The van der Waals surface area contributed by atoms with Crippen molar-refractivity contribution >= 4 is 11.6 Å². The van der Waals surface area contributed by atoms with E-state index in [1.54, 1.807) is 0 Å². The maximum Gasteiger partial charge on any atom is -0.0105 e. The molecule has 0 N–H and O–H groups in total. The van der Waals surface area contributed by atoms with Crippen LogP contribution in [0.2, 0.25) is 0 Å². The average Bonchev–Trinajstić information content (AvgIpc) is 2.55. The van der Waals surface area contributed by atoms with Crippen LogP contribution in [0.15, 0.2) is 84.9 Å². The topological polar surface area (TPSA) is 0 Å². The van der Waals surface area contributed by atoms with E-state index in [0.29, 0.717) is 0 Å². The molecule has 102 valence electrons. The molecule has 0 spiro atoms. The molecule has 0 bridgehead atoms.